The highest BCUT2D eigenvalue weighted by Gasteiger charge is 2.29. The number of aromatic nitrogens is 1. The van der Waals surface area contributed by atoms with E-state index in [9.17, 15) is 4.79 Å². The van der Waals surface area contributed by atoms with Crippen molar-refractivity contribution >= 4 is 17.2 Å². The van der Waals surface area contributed by atoms with Crippen LogP contribution >= 0.6 is 11.3 Å². The number of carbonyl (C=O) groups is 1. The van der Waals surface area contributed by atoms with E-state index in [-0.39, 0.29) is 12.0 Å². The van der Waals surface area contributed by atoms with Gasteiger partial charge in [0.15, 0.2) is 0 Å². The van der Waals surface area contributed by atoms with Gasteiger partial charge in [0.05, 0.1) is 17.4 Å². The summed E-state index contributed by atoms with van der Waals surface area (Å²) in [5.41, 5.74) is 4.31. The Bertz CT molecular complexity index is 809. The molecule has 2 aliphatic rings. The number of piperidine rings is 1. The number of nitrogens with zero attached hydrogens (tertiary/aromatic N) is 3. The first-order chi connectivity index (χ1) is 13.1. The summed E-state index contributed by atoms with van der Waals surface area (Å²) in [6, 6.07) is 0. The molecule has 6 nitrogen and oxygen atoms in total. The number of thiophene rings is 1. The summed E-state index contributed by atoms with van der Waals surface area (Å²) >= 11 is 1.72. The molecule has 0 bridgehead atoms. The number of rotatable bonds is 4. The van der Waals surface area contributed by atoms with Crippen molar-refractivity contribution in [2.45, 2.75) is 52.3 Å². The molecule has 146 valence electrons. The van der Waals surface area contributed by atoms with Crippen LogP contribution in [0, 0.1) is 13.8 Å². The summed E-state index contributed by atoms with van der Waals surface area (Å²) in [4.78, 5) is 18.8. The Kier molecular flexibility index (Phi) is 5.34. The second-order valence-corrected chi connectivity index (χ2v) is 8.53. The van der Waals surface area contributed by atoms with Crippen LogP contribution in [0.3, 0.4) is 0 Å². The number of carbonyl (C=O) groups excluding carboxylic acids is 1. The molecule has 0 aliphatic carbocycles. The van der Waals surface area contributed by atoms with Gasteiger partial charge < -0.3 is 14.2 Å². The maximum absolute atomic E-state index is 13.1. The number of hydrogen-bond donors (Lipinski definition) is 0. The molecule has 27 heavy (non-hydrogen) atoms. The molecule has 4 rings (SSSR count). The van der Waals surface area contributed by atoms with Crippen LogP contribution in [-0.4, -0.2) is 53.7 Å². The lowest BCUT2D eigenvalue weighted by atomic mass is 10.0. The zero-order chi connectivity index (χ0) is 19.0. The van der Waals surface area contributed by atoms with Crippen molar-refractivity contribution in [3.8, 4) is 0 Å². The molecule has 2 aromatic heterocycles. The lowest BCUT2D eigenvalue weighted by Crippen LogP contribution is -2.43. The minimum Gasteiger partial charge on any atom is -0.380 e. The molecule has 0 aromatic carbocycles. The molecule has 1 unspecified atom stereocenters. The van der Waals surface area contributed by atoms with Gasteiger partial charge in [-0.25, -0.2) is 0 Å². The van der Waals surface area contributed by atoms with Crippen molar-refractivity contribution in [2.75, 3.05) is 26.7 Å². The molecule has 1 saturated heterocycles. The fraction of sp³-hybridized carbons (Fsp3) is 0.600. The summed E-state index contributed by atoms with van der Waals surface area (Å²) in [7, 11) is 1.73. The highest BCUT2D eigenvalue weighted by atomic mass is 32.1. The molecule has 0 saturated carbocycles. The lowest BCUT2D eigenvalue weighted by molar-refractivity contribution is 0.0268. The van der Waals surface area contributed by atoms with E-state index in [1.807, 2.05) is 18.7 Å². The normalized spacial score (nSPS) is 20.7. The average Bonchev–Trinajstić information content (AvgIpc) is 3.25. The van der Waals surface area contributed by atoms with E-state index in [4.69, 9.17) is 9.26 Å². The lowest BCUT2D eigenvalue weighted by Gasteiger charge is -2.32. The number of aryl methyl sites for hydroxylation is 2. The minimum atomic E-state index is 0.169. The van der Waals surface area contributed by atoms with E-state index in [1.165, 1.54) is 16.0 Å². The Morgan fingerprint density at radius 3 is 3.00 bits per heavy atom. The van der Waals surface area contributed by atoms with Crippen LogP contribution in [0.2, 0.25) is 0 Å². The molecule has 2 aromatic rings. The van der Waals surface area contributed by atoms with Gasteiger partial charge in [0.25, 0.3) is 5.91 Å². The number of ether oxygens (including phenoxy) is 1. The average molecular weight is 390 g/mol. The fourth-order valence-electron chi connectivity index (χ4n) is 4.13. The monoisotopic (exact) mass is 389 g/mol. The Morgan fingerprint density at radius 1 is 1.41 bits per heavy atom. The summed E-state index contributed by atoms with van der Waals surface area (Å²) in [6.45, 7) is 8.20. The van der Waals surface area contributed by atoms with E-state index in [1.54, 1.807) is 18.4 Å². The summed E-state index contributed by atoms with van der Waals surface area (Å²) in [5.74, 6) is 1.08. The number of amides is 1. The first-order valence-electron chi connectivity index (χ1n) is 9.62. The van der Waals surface area contributed by atoms with Crippen LogP contribution < -0.4 is 0 Å². The maximum atomic E-state index is 13.1. The Balaban J connectivity index is 1.46. The van der Waals surface area contributed by atoms with Crippen molar-refractivity contribution in [3.05, 3.63) is 38.4 Å². The molecule has 1 atom stereocenters. The molecule has 7 heteroatoms. The van der Waals surface area contributed by atoms with Gasteiger partial charge in [-0.2, -0.15) is 0 Å². The van der Waals surface area contributed by atoms with Crippen molar-refractivity contribution in [3.63, 3.8) is 0 Å². The van der Waals surface area contributed by atoms with E-state index in [0.29, 0.717) is 6.54 Å². The number of fused-ring (bicyclic) bond motifs is 1. The van der Waals surface area contributed by atoms with E-state index < -0.39 is 0 Å². The van der Waals surface area contributed by atoms with Gasteiger partial charge in [0.2, 0.25) is 0 Å². The quantitative estimate of drug-likeness (QED) is 0.804. The Labute approximate surface area is 164 Å². The smallest absolute Gasteiger partial charge is 0.255 e. The van der Waals surface area contributed by atoms with Crippen molar-refractivity contribution < 1.29 is 14.1 Å². The molecule has 0 N–H and O–H groups in total. The summed E-state index contributed by atoms with van der Waals surface area (Å²) in [6.07, 6.45) is 3.15. The predicted molar refractivity (Wildman–Crippen MR) is 104 cm³/mol. The molecule has 0 spiro atoms. The Morgan fingerprint density at radius 2 is 2.26 bits per heavy atom. The third-order valence-electron chi connectivity index (χ3n) is 5.82. The molecular weight excluding hydrogens is 362 g/mol. The van der Waals surface area contributed by atoms with Crippen LogP contribution in [0.5, 0.6) is 0 Å². The number of likely N-dealkylation sites (tertiary alicyclic amines) is 1. The molecular formula is C20H27N3O3S. The number of hydrogen-bond acceptors (Lipinski definition) is 6. The van der Waals surface area contributed by atoms with Gasteiger partial charge in [-0.05, 0) is 38.7 Å². The standard InChI is InChI=1S/C20H27N3O3S/c1-13-17(14(2)26-21-13)10-22-8-6-16-18(12-27-19(16)11-22)20(24)23-7-4-5-15(9-23)25-3/h12,15H,4-11H2,1-3H3. The zero-order valence-corrected chi connectivity index (χ0v) is 17.1. The van der Waals surface area contributed by atoms with Crippen LogP contribution in [0.15, 0.2) is 9.90 Å². The summed E-state index contributed by atoms with van der Waals surface area (Å²) in [5, 5.41) is 6.12. The molecule has 0 radical (unpaired) electrons. The zero-order valence-electron chi connectivity index (χ0n) is 16.3. The number of methoxy groups -OCH3 is 1. The maximum Gasteiger partial charge on any atom is 0.255 e. The van der Waals surface area contributed by atoms with Crippen LogP contribution in [0.1, 0.15) is 50.7 Å². The van der Waals surface area contributed by atoms with Crippen molar-refractivity contribution in [1.29, 1.82) is 0 Å². The second kappa shape index (κ2) is 7.73. The SMILES string of the molecule is COC1CCCN(C(=O)c2csc3c2CCN(Cc2c(C)noc2C)C3)C1. The highest BCUT2D eigenvalue weighted by molar-refractivity contribution is 7.10. The van der Waals surface area contributed by atoms with Gasteiger partial charge in [-0.3, -0.25) is 9.69 Å². The second-order valence-electron chi connectivity index (χ2n) is 7.57. The van der Waals surface area contributed by atoms with Gasteiger partial charge in [0, 0.05) is 55.7 Å². The van der Waals surface area contributed by atoms with Gasteiger partial charge in [0.1, 0.15) is 5.76 Å². The minimum absolute atomic E-state index is 0.169. The van der Waals surface area contributed by atoms with Crippen molar-refractivity contribution in [1.82, 2.24) is 15.0 Å². The molecule has 1 amide bonds. The largest absolute Gasteiger partial charge is 0.380 e. The van der Waals surface area contributed by atoms with Crippen molar-refractivity contribution in [2.24, 2.45) is 0 Å². The van der Waals surface area contributed by atoms with E-state index in [0.717, 1.165) is 62.5 Å². The first kappa shape index (κ1) is 18.7. The summed E-state index contributed by atoms with van der Waals surface area (Å²) < 4.78 is 10.8. The fourth-order valence-corrected chi connectivity index (χ4v) is 5.25. The molecule has 2 aliphatic heterocycles. The van der Waals surface area contributed by atoms with E-state index in [2.05, 4.69) is 15.4 Å². The van der Waals surface area contributed by atoms with Crippen LogP contribution in [0.4, 0.5) is 0 Å². The predicted octanol–water partition coefficient (Wildman–Crippen LogP) is 3.16. The Hall–Kier alpha value is -1.70. The van der Waals surface area contributed by atoms with Crippen LogP contribution in [0.25, 0.3) is 0 Å². The first-order valence-corrected chi connectivity index (χ1v) is 10.5. The topological polar surface area (TPSA) is 58.8 Å². The van der Waals surface area contributed by atoms with Gasteiger partial charge in [-0.1, -0.05) is 5.16 Å². The molecule has 4 heterocycles. The molecule has 1 fully saturated rings. The third kappa shape index (κ3) is 3.68. The highest BCUT2D eigenvalue weighted by Crippen LogP contribution is 2.31. The van der Waals surface area contributed by atoms with E-state index >= 15 is 0 Å². The van der Waals surface area contributed by atoms with Crippen LogP contribution in [-0.2, 0) is 24.2 Å². The third-order valence-corrected chi connectivity index (χ3v) is 6.83. The van der Waals surface area contributed by atoms with Gasteiger partial charge in [-0.15, -0.1) is 11.3 Å². The van der Waals surface area contributed by atoms with Gasteiger partial charge >= 0.3 is 0 Å².